The van der Waals surface area contributed by atoms with Crippen LogP contribution in [0.4, 0.5) is 0 Å². The maximum absolute atomic E-state index is 11.8. The largest absolute Gasteiger partial charge is 0.396 e. The molecule has 1 atom stereocenters. The molecule has 0 radical (unpaired) electrons. The topological polar surface area (TPSA) is 61.4 Å². The third kappa shape index (κ3) is 5.18. The van der Waals surface area contributed by atoms with Gasteiger partial charge in [-0.1, -0.05) is 0 Å². The maximum atomic E-state index is 11.8. The average Bonchev–Trinajstić information content (AvgIpc) is 2.17. The quantitative estimate of drug-likeness (QED) is 0.655. The number of aliphatic hydroxyl groups is 1. The van der Waals surface area contributed by atoms with Crippen molar-refractivity contribution in [2.75, 3.05) is 24.7 Å². The molecule has 1 aliphatic heterocycles. The van der Waals surface area contributed by atoms with Crippen LogP contribution in [0.1, 0.15) is 26.7 Å². The average molecular weight is 246 g/mol. The fourth-order valence-corrected chi connectivity index (χ4v) is 2.69. The van der Waals surface area contributed by atoms with Crippen LogP contribution in [0.15, 0.2) is 0 Å². The predicted molar refractivity (Wildman–Crippen MR) is 67.7 cm³/mol. The molecule has 4 nitrogen and oxygen atoms in total. The van der Waals surface area contributed by atoms with Crippen molar-refractivity contribution in [1.82, 2.24) is 10.6 Å². The van der Waals surface area contributed by atoms with Gasteiger partial charge in [0.05, 0.1) is 0 Å². The van der Waals surface area contributed by atoms with E-state index in [4.69, 9.17) is 5.11 Å². The van der Waals surface area contributed by atoms with Gasteiger partial charge in [-0.2, -0.15) is 11.8 Å². The molecule has 1 heterocycles. The zero-order valence-corrected chi connectivity index (χ0v) is 10.9. The van der Waals surface area contributed by atoms with Gasteiger partial charge in [0.2, 0.25) is 5.91 Å². The Labute approximate surface area is 102 Å². The molecule has 0 aromatic carbocycles. The van der Waals surface area contributed by atoms with E-state index in [2.05, 4.69) is 10.6 Å². The van der Waals surface area contributed by atoms with Crippen molar-refractivity contribution in [3.05, 3.63) is 0 Å². The second-order valence-corrected chi connectivity index (χ2v) is 5.99. The van der Waals surface area contributed by atoms with Crippen LogP contribution in [0, 0.1) is 0 Å². The minimum absolute atomic E-state index is 0.0680. The van der Waals surface area contributed by atoms with E-state index in [1.54, 1.807) is 0 Å². The molecule has 1 saturated heterocycles. The highest BCUT2D eigenvalue weighted by Crippen LogP contribution is 2.12. The Bertz CT molecular complexity index is 228. The van der Waals surface area contributed by atoms with E-state index < -0.39 is 0 Å². The normalized spacial score (nSPS) is 21.8. The number of carbonyl (C=O) groups excluding carboxylic acids is 1. The van der Waals surface area contributed by atoms with Gasteiger partial charge in [0, 0.05) is 42.7 Å². The van der Waals surface area contributed by atoms with Crippen LogP contribution in [-0.2, 0) is 4.79 Å². The molecule has 1 rings (SSSR count). The number of rotatable bonds is 5. The van der Waals surface area contributed by atoms with Gasteiger partial charge in [-0.25, -0.2) is 0 Å². The molecular weight excluding hydrogens is 224 g/mol. The molecule has 5 heteroatoms. The van der Waals surface area contributed by atoms with E-state index in [-0.39, 0.29) is 18.1 Å². The Morgan fingerprint density at radius 3 is 2.94 bits per heavy atom. The summed E-state index contributed by atoms with van der Waals surface area (Å²) < 4.78 is 0. The molecule has 0 aromatic heterocycles. The lowest BCUT2D eigenvalue weighted by atomic mass is 10.0. The lowest BCUT2D eigenvalue weighted by Gasteiger charge is -2.28. The van der Waals surface area contributed by atoms with Crippen LogP contribution in [0.25, 0.3) is 0 Å². The van der Waals surface area contributed by atoms with Crippen molar-refractivity contribution < 1.29 is 9.90 Å². The summed E-state index contributed by atoms with van der Waals surface area (Å²) in [5.74, 6) is 2.21. The maximum Gasteiger partial charge on any atom is 0.222 e. The van der Waals surface area contributed by atoms with E-state index in [0.717, 1.165) is 18.1 Å². The Balaban J connectivity index is 2.28. The Morgan fingerprint density at radius 2 is 2.38 bits per heavy atom. The van der Waals surface area contributed by atoms with Crippen LogP contribution in [0.5, 0.6) is 0 Å². The summed E-state index contributed by atoms with van der Waals surface area (Å²) in [5.41, 5.74) is -0.312. The van der Waals surface area contributed by atoms with E-state index in [1.165, 1.54) is 0 Å². The first-order chi connectivity index (χ1) is 7.53. The standard InChI is InChI=1S/C11H22N2O2S/c1-11(2,3-5-14)13-10(15)7-9-8-16-6-4-12-9/h9,12,14H,3-8H2,1-2H3,(H,13,15). The van der Waals surface area contributed by atoms with E-state index >= 15 is 0 Å². The summed E-state index contributed by atoms with van der Waals surface area (Å²) in [7, 11) is 0. The smallest absolute Gasteiger partial charge is 0.222 e. The fourth-order valence-electron chi connectivity index (χ4n) is 1.75. The number of aliphatic hydroxyl groups excluding tert-OH is 1. The second kappa shape index (κ2) is 6.47. The van der Waals surface area contributed by atoms with Gasteiger partial charge in [0.1, 0.15) is 0 Å². The third-order valence-electron chi connectivity index (χ3n) is 2.64. The molecule has 0 aromatic rings. The minimum atomic E-state index is -0.312. The summed E-state index contributed by atoms with van der Waals surface area (Å²) >= 11 is 1.89. The molecule has 1 aliphatic rings. The molecule has 3 N–H and O–H groups in total. The predicted octanol–water partition coefficient (Wildman–Crippen LogP) is 0.359. The first-order valence-electron chi connectivity index (χ1n) is 5.76. The van der Waals surface area contributed by atoms with E-state index in [0.29, 0.717) is 18.9 Å². The van der Waals surface area contributed by atoms with Gasteiger partial charge in [0.15, 0.2) is 0 Å². The van der Waals surface area contributed by atoms with Crippen molar-refractivity contribution in [2.24, 2.45) is 0 Å². The number of carbonyl (C=O) groups is 1. The summed E-state index contributed by atoms with van der Waals surface area (Å²) in [5, 5.41) is 15.2. The molecule has 16 heavy (non-hydrogen) atoms. The van der Waals surface area contributed by atoms with Crippen molar-refractivity contribution in [1.29, 1.82) is 0 Å². The fraction of sp³-hybridized carbons (Fsp3) is 0.909. The van der Waals surface area contributed by atoms with Crippen LogP contribution >= 0.6 is 11.8 Å². The number of thioether (sulfide) groups is 1. The molecule has 94 valence electrons. The van der Waals surface area contributed by atoms with Crippen molar-refractivity contribution in [3.8, 4) is 0 Å². The van der Waals surface area contributed by atoms with Gasteiger partial charge in [-0.3, -0.25) is 4.79 Å². The number of hydrogen-bond acceptors (Lipinski definition) is 4. The molecule has 0 saturated carbocycles. The summed E-state index contributed by atoms with van der Waals surface area (Å²) in [6.07, 6.45) is 1.12. The van der Waals surface area contributed by atoms with Gasteiger partial charge in [0.25, 0.3) is 0 Å². The molecular formula is C11H22N2O2S. The van der Waals surface area contributed by atoms with Crippen LogP contribution in [-0.4, -0.2) is 47.3 Å². The zero-order valence-electron chi connectivity index (χ0n) is 10.1. The minimum Gasteiger partial charge on any atom is -0.396 e. The lowest BCUT2D eigenvalue weighted by Crippen LogP contribution is -2.47. The van der Waals surface area contributed by atoms with Crippen molar-refractivity contribution >= 4 is 17.7 Å². The molecule has 0 bridgehead atoms. The zero-order chi connectivity index (χ0) is 12.0. The highest BCUT2D eigenvalue weighted by molar-refractivity contribution is 7.99. The highest BCUT2D eigenvalue weighted by Gasteiger charge is 2.22. The van der Waals surface area contributed by atoms with Crippen molar-refractivity contribution in [3.63, 3.8) is 0 Å². The first-order valence-corrected chi connectivity index (χ1v) is 6.92. The summed E-state index contributed by atoms with van der Waals surface area (Å²) in [4.78, 5) is 11.8. The van der Waals surface area contributed by atoms with Gasteiger partial charge < -0.3 is 15.7 Å². The molecule has 1 unspecified atom stereocenters. The van der Waals surface area contributed by atoms with Crippen LogP contribution < -0.4 is 10.6 Å². The number of nitrogens with one attached hydrogen (secondary N) is 2. The molecule has 1 fully saturated rings. The lowest BCUT2D eigenvalue weighted by molar-refractivity contribution is -0.123. The van der Waals surface area contributed by atoms with Gasteiger partial charge in [-0.15, -0.1) is 0 Å². The summed E-state index contributed by atoms with van der Waals surface area (Å²) in [6, 6.07) is 0.295. The molecule has 0 spiro atoms. The highest BCUT2D eigenvalue weighted by atomic mass is 32.2. The SMILES string of the molecule is CC(C)(CCO)NC(=O)CC1CSCCN1. The van der Waals surface area contributed by atoms with E-state index in [9.17, 15) is 4.79 Å². The Hall–Kier alpha value is -0.260. The monoisotopic (exact) mass is 246 g/mol. The van der Waals surface area contributed by atoms with Crippen molar-refractivity contribution in [2.45, 2.75) is 38.3 Å². The first kappa shape index (κ1) is 13.8. The molecule has 1 amide bonds. The van der Waals surface area contributed by atoms with E-state index in [1.807, 2.05) is 25.6 Å². The van der Waals surface area contributed by atoms with Gasteiger partial charge in [-0.05, 0) is 20.3 Å². The molecule has 0 aliphatic carbocycles. The van der Waals surface area contributed by atoms with Gasteiger partial charge >= 0.3 is 0 Å². The Kier molecular flexibility index (Phi) is 5.58. The number of hydrogen-bond donors (Lipinski definition) is 3. The Morgan fingerprint density at radius 1 is 1.62 bits per heavy atom. The second-order valence-electron chi connectivity index (χ2n) is 4.84. The van der Waals surface area contributed by atoms with Crippen LogP contribution in [0.2, 0.25) is 0 Å². The summed E-state index contributed by atoms with van der Waals surface area (Å²) in [6.45, 7) is 4.96. The number of amides is 1. The third-order valence-corrected chi connectivity index (χ3v) is 3.78. The van der Waals surface area contributed by atoms with Crippen LogP contribution in [0.3, 0.4) is 0 Å².